The van der Waals surface area contributed by atoms with E-state index in [0.717, 1.165) is 24.3 Å². The van der Waals surface area contributed by atoms with Crippen LogP contribution in [0, 0.1) is 11.3 Å². The third kappa shape index (κ3) is 2.80. The Morgan fingerprint density at radius 3 is 3.00 bits per heavy atom. The number of hydrogen-bond acceptors (Lipinski definition) is 4. The normalized spacial score (nSPS) is 12.1. The summed E-state index contributed by atoms with van der Waals surface area (Å²) in [6, 6.07) is 6.19. The lowest BCUT2D eigenvalue weighted by Gasteiger charge is -2.17. The minimum atomic E-state index is 0.178. The molecule has 5 heteroatoms. The summed E-state index contributed by atoms with van der Waals surface area (Å²) in [6.07, 6.45) is 6.18. The maximum atomic E-state index is 9.06. The highest BCUT2D eigenvalue weighted by atomic mass is 15.1. The van der Waals surface area contributed by atoms with Gasteiger partial charge in [-0.05, 0) is 26.0 Å². The summed E-state index contributed by atoms with van der Waals surface area (Å²) in [5, 5.41) is 12.5. The van der Waals surface area contributed by atoms with Crippen molar-refractivity contribution in [2.45, 2.75) is 26.3 Å². The Balaban J connectivity index is 2.39. The van der Waals surface area contributed by atoms with Gasteiger partial charge in [0.25, 0.3) is 0 Å². The van der Waals surface area contributed by atoms with Crippen molar-refractivity contribution in [1.29, 1.82) is 5.26 Å². The standard InChI is InChI=1S/C14H17N5/c1-3-6-16-11(2)12-5-4-7-18-14(12)19-9-8-17-13(19)10-15/h4-5,7-9,11,16H,3,6H2,1-2H3. The fourth-order valence-electron chi connectivity index (χ4n) is 1.98. The maximum absolute atomic E-state index is 9.06. The quantitative estimate of drug-likeness (QED) is 0.889. The fourth-order valence-corrected chi connectivity index (χ4v) is 1.98. The van der Waals surface area contributed by atoms with Gasteiger partial charge in [0.15, 0.2) is 0 Å². The Labute approximate surface area is 112 Å². The molecular weight excluding hydrogens is 238 g/mol. The van der Waals surface area contributed by atoms with Gasteiger partial charge in [0.1, 0.15) is 11.9 Å². The van der Waals surface area contributed by atoms with E-state index in [4.69, 9.17) is 5.26 Å². The summed E-state index contributed by atoms with van der Waals surface area (Å²) >= 11 is 0. The Hall–Kier alpha value is -2.19. The van der Waals surface area contributed by atoms with Crippen molar-refractivity contribution in [3.63, 3.8) is 0 Å². The maximum Gasteiger partial charge on any atom is 0.218 e. The largest absolute Gasteiger partial charge is 0.310 e. The van der Waals surface area contributed by atoms with Crippen LogP contribution in [0.15, 0.2) is 30.7 Å². The summed E-state index contributed by atoms with van der Waals surface area (Å²) in [6.45, 7) is 5.18. The van der Waals surface area contributed by atoms with Gasteiger partial charge in [-0.3, -0.25) is 4.57 Å². The number of nitrogens with one attached hydrogen (secondary N) is 1. The summed E-state index contributed by atoms with van der Waals surface area (Å²) < 4.78 is 1.72. The second kappa shape index (κ2) is 6.12. The van der Waals surface area contributed by atoms with Gasteiger partial charge in [-0.1, -0.05) is 13.0 Å². The van der Waals surface area contributed by atoms with Crippen molar-refractivity contribution in [2.24, 2.45) is 0 Å². The molecule has 19 heavy (non-hydrogen) atoms. The molecule has 1 N–H and O–H groups in total. The van der Waals surface area contributed by atoms with E-state index in [-0.39, 0.29) is 6.04 Å². The summed E-state index contributed by atoms with van der Waals surface area (Å²) in [5.74, 6) is 1.11. The average Bonchev–Trinajstić information content (AvgIpc) is 2.93. The molecule has 5 nitrogen and oxygen atoms in total. The minimum Gasteiger partial charge on any atom is -0.310 e. The molecule has 0 radical (unpaired) electrons. The van der Waals surface area contributed by atoms with Crippen molar-refractivity contribution in [1.82, 2.24) is 19.9 Å². The Morgan fingerprint density at radius 1 is 1.42 bits per heavy atom. The number of imidazole rings is 1. The molecule has 0 aliphatic heterocycles. The summed E-state index contributed by atoms with van der Waals surface area (Å²) in [4.78, 5) is 8.41. The number of nitrogens with zero attached hydrogens (tertiary/aromatic N) is 4. The van der Waals surface area contributed by atoms with Gasteiger partial charge in [-0.25, -0.2) is 9.97 Å². The molecule has 0 fully saturated rings. The van der Waals surface area contributed by atoms with E-state index >= 15 is 0 Å². The molecule has 2 aromatic heterocycles. The predicted molar refractivity (Wildman–Crippen MR) is 72.8 cm³/mol. The van der Waals surface area contributed by atoms with Crippen LogP contribution in [-0.4, -0.2) is 21.1 Å². The number of rotatable bonds is 5. The van der Waals surface area contributed by atoms with Crippen LogP contribution in [-0.2, 0) is 0 Å². The zero-order valence-electron chi connectivity index (χ0n) is 11.2. The lowest BCUT2D eigenvalue weighted by atomic mass is 10.1. The van der Waals surface area contributed by atoms with E-state index in [0.29, 0.717) is 5.82 Å². The number of hydrogen-bond donors (Lipinski definition) is 1. The van der Waals surface area contributed by atoms with E-state index < -0.39 is 0 Å². The predicted octanol–water partition coefficient (Wildman–Crippen LogP) is 2.20. The van der Waals surface area contributed by atoms with Crippen molar-refractivity contribution in [3.8, 4) is 11.9 Å². The van der Waals surface area contributed by atoms with Crippen LogP contribution in [0.4, 0.5) is 0 Å². The van der Waals surface area contributed by atoms with Gasteiger partial charge in [0.2, 0.25) is 5.82 Å². The molecular formula is C14H17N5. The second-order valence-electron chi connectivity index (χ2n) is 4.32. The van der Waals surface area contributed by atoms with Crippen molar-refractivity contribution in [3.05, 3.63) is 42.1 Å². The molecule has 0 saturated heterocycles. The Kier molecular flexibility index (Phi) is 4.26. The van der Waals surface area contributed by atoms with Crippen LogP contribution in [0.2, 0.25) is 0 Å². The van der Waals surface area contributed by atoms with Gasteiger partial charge in [-0.2, -0.15) is 5.26 Å². The monoisotopic (exact) mass is 255 g/mol. The van der Waals surface area contributed by atoms with Gasteiger partial charge < -0.3 is 5.32 Å². The third-order valence-electron chi connectivity index (χ3n) is 2.95. The van der Waals surface area contributed by atoms with Gasteiger partial charge in [0.05, 0.1) is 0 Å². The van der Waals surface area contributed by atoms with Crippen LogP contribution in [0.25, 0.3) is 5.82 Å². The number of pyridine rings is 1. The highest BCUT2D eigenvalue weighted by molar-refractivity contribution is 5.39. The zero-order valence-corrected chi connectivity index (χ0v) is 11.2. The van der Waals surface area contributed by atoms with Crippen molar-refractivity contribution >= 4 is 0 Å². The molecule has 0 saturated carbocycles. The molecule has 0 aliphatic carbocycles. The third-order valence-corrected chi connectivity index (χ3v) is 2.95. The van der Waals surface area contributed by atoms with E-state index in [2.05, 4.69) is 35.2 Å². The first-order valence-corrected chi connectivity index (χ1v) is 6.40. The molecule has 0 aromatic carbocycles. The van der Waals surface area contributed by atoms with Crippen LogP contribution < -0.4 is 5.32 Å². The fraction of sp³-hybridized carbons (Fsp3) is 0.357. The van der Waals surface area contributed by atoms with Crippen molar-refractivity contribution < 1.29 is 0 Å². The smallest absolute Gasteiger partial charge is 0.218 e. The van der Waals surface area contributed by atoms with Crippen LogP contribution in [0.1, 0.15) is 37.7 Å². The second-order valence-corrected chi connectivity index (χ2v) is 4.32. The Morgan fingerprint density at radius 2 is 2.26 bits per heavy atom. The summed E-state index contributed by atoms with van der Waals surface area (Å²) in [5.41, 5.74) is 1.06. The SMILES string of the molecule is CCCNC(C)c1cccnc1-n1ccnc1C#N. The van der Waals surface area contributed by atoms with Crippen molar-refractivity contribution in [2.75, 3.05) is 6.54 Å². The van der Waals surface area contributed by atoms with Gasteiger partial charge >= 0.3 is 0 Å². The van der Waals surface area contributed by atoms with E-state index in [1.807, 2.05) is 12.1 Å². The van der Waals surface area contributed by atoms with Gasteiger partial charge in [-0.15, -0.1) is 0 Å². The Bertz CT molecular complexity index is 582. The van der Waals surface area contributed by atoms with Crippen LogP contribution >= 0.6 is 0 Å². The summed E-state index contributed by atoms with van der Waals surface area (Å²) in [7, 11) is 0. The van der Waals surface area contributed by atoms with E-state index in [9.17, 15) is 0 Å². The van der Waals surface area contributed by atoms with Gasteiger partial charge in [0, 0.05) is 30.2 Å². The lowest BCUT2D eigenvalue weighted by Crippen LogP contribution is -2.21. The molecule has 0 spiro atoms. The first kappa shape index (κ1) is 13.2. The van der Waals surface area contributed by atoms with E-state index in [1.165, 1.54) is 0 Å². The molecule has 2 rings (SSSR count). The molecule has 0 amide bonds. The molecule has 1 unspecified atom stereocenters. The molecule has 98 valence electrons. The van der Waals surface area contributed by atoms with Crippen LogP contribution in [0.5, 0.6) is 0 Å². The minimum absolute atomic E-state index is 0.178. The average molecular weight is 255 g/mol. The molecule has 2 aromatic rings. The molecule has 0 bridgehead atoms. The zero-order chi connectivity index (χ0) is 13.7. The van der Waals surface area contributed by atoms with E-state index in [1.54, 1.807) is 23.2 Å². The number of aromatic nitrogens is 3. The highest BCUT2D eigenvalue weighted by Crippen LogP contribution is 2.20. The molecule has 0 aliphatic rings. The van der Waals surface area contributed by atoms with Crippen LogP contribution in [0.3, 0.4) is 0 Å². The molecule has 1 atom stereocenters. The molecule has 2 heterocycles. The topological polar surface area (TPSA) is 66.5 Å². The first-order valence-electron chi connectivity index (χ1n) is 6.40. The highest BCUT2D eigenvalue weighted by Gasteiger charge is 2.14. The number of nitriles is 1. The lowest BCUT2D eigenvalue weighted by molar-refractivity contribution is 0.566. The first-order chi connectivity index (χ1) is 9.27.